The van der Waals surface area contributed by atoms with Gasteiger partial charge in [0.15, 0.2) is 0 Å². The highest BCUT2D eigenvalue weighted by Gasteiger charge is 2.13. The molecule has 1 atom stereocenters. The van der Waals surface area contributed by atoms with E-state index in [0.29, 0.717) is 46.2 Å². The molecule has 0 aromatic carbocycles. The summed E-state index contributed by atoms with van der Waals surface area (Å²) in [5.74, 6) is -1.78. The third kappa shape index (κ3) is 13.5. The molecule has 0 aliphatic rings. The molecular formula is C12H24N2O7. The molecule has 0 rings (SSSR count). The van der Waals surface area contributed by atoms with Gasteiger partial charge in [-0.1, -0.05) is 0 Å². The van der Waals surface area contributed by atoms with E-state index in [-0.39, 0.29) is 0 Å². The van der Waals surface area contributed by atoms with E-state index in [1.165, 1.54) is 0 Å². The van der Waals surface area contributed by atoms with E-state index in [1.807, 2.05) is 6.92 Å². The predicted octanol–water partition coefficient (Wildman–Crippen LogP) is -1.44. The molecule has 9 heteroatoms. The Morgan fingerprint density at radius 3 is 2.24 bits per heavy atom. The third-order valence-corrected chi connectivity index (χ3v) is 2.15. The van der Waals surface area contributed by atoms with Crippen LogP contribution in [-0.2, 0) is 28.5 Å². The number of rotatable bonds is 14. The lowest BCUT2D eigenvalue weighted by Crippen LogP contribution is -2.38. The summed E-state index contributed by atoms with van der Waals surface area (Å²) < 4.78 is 20.1. The van der Waals surface area contributed by atoms with E-state index >= 15 is 0 Å². The van der Waals surface area contributed by atoms with Crippen LogP contribution in [0.5, 0.6) is 0 Å². The summed E-state index contributed by atoms with van der Waals surface area (Å²) in [6.07, 6.45) is -1.50. The minimum absolute atomic E-state index is 0.295. The second-order valence-corrected chi connectivity index (χ2v) is 3.84. The topological polar surface area (TPSA) is 129 Å². The largest absolute Gasteiger partial charge is 0.478 e. The highest BCUT2D eigenvalue weighted by atomic mass is 16.5. The fourth-order valence-corrected chi connectivity index (χ4v) is 1.13. The van der Waals surface area contributed by atoms with Crippen molar-refractivity contribution in [3.8, 4) is 0 Å². The van der Waals surface area contributed by atoms with E-state index < -0.39 is 24.7 Å². The number of hydrogen-bond donors (Lipinski definition) is 3. The Bertz CT molecular complexity index is 289. The first-order valence-corrected chi connectivity index (χ1v) is 6.67. The average Bonchev–Trinajstić information content (AvgIpc) is 2.46. The Balaban J connectivity index is 3.27. The fourth-order valence-electron chi connectivity index (χ4n) is 1.13. The molecule has 0 spiro atoms. The van der Waals surface area contributed by atoms with Crippen molar-refractivity contribution in [2.24, 2.45) is 5.73 Å². The molecule has 0 saturated heterocycles. The standard InChI is InChI=1S/C12H24N2O7/c1-2-18-5-6-20-8-7-19-4-3-14-10(15)9-21-11(13)12(16)17/h11H,2-9,13H2,1H3,(H,14,15)(H,16,17). The molecule has 9 nitrogen and oxygen atoms in total. The highest BCUT2D eigenvalue weighted by molar-refractivity contribution is 5.78. The molecule has 21 heavy (non-hydrogen) atoms. The van der Waals surface area contributed by atoms with Crippen molar-refractivity contribution < 1.29 is 33.6 Å². The van der Waals surface area contributed by atoms with Crippen LogP contribution < -0.4 is 11.1 Å². The molecule has 0 aromatic heterocycles. The Morgan fingerprint density at radius 2 is 1.67 bits per heavy atom. The van der Waals surface area contributed by atoms with Crippen LogP contribution in [0.2, 0.25) is 0 Å². The van der Waals surface area contributed by atoms with Crippen molar-refractivity contribution in [3.63, 3.8) is 0 Å². The predicted molar refractivity (Wildman–Crippen MR) is 72.7 cm³/mol. The van der Waals surface area contributed by atoms with E-state index in [4.69, 9.17) is 25.1 Å². The van der Waals surface area contributed by atoms with Gasteiger partial charge >= 0.3 is 5.97 Å². The molecule has 1 unspecified atom stereocenters. The van der Waals surface area contributed by atoms with Crippen LogP contribution in [0, 0.1) is 0 Å². The summed E-state index contributed by atoms with van der Waals surface area (Å²) in [4.78, 5) is 21.6. The molecule has 124 valence electrons. The lowest BCUT2D eigenvalue weighted by molar-refractivity contribution is -0.151. The van der Waals surface area contributed by atoms with Gasteiger partial charge < -0.3 is 29.4 Å². The molecule has 0 aliphatic heterocycles. The zero-order chi connectivity index (χ0) is 15.9. The number of carboxylic acid groups (broad SMARTS) is 1. The van der Waals surface area contributed by atoms with E-state index in [1.54, 1.807) is 0 Å². The molecule has 0 aromatic rings. The summed E-state index contributed by atoms with van der Waals surface area (Å²) in [6, 6.07) is 0. The van der Waals surface area contributed by atoms with Crippen molar-refractivity contribution in [2.75, 3.05) is 52.8 Å². The van der Waals surface area contributed by atoms with Crippen molar-refractivity contribution in [3.05, 3.63) is 0 Å². The van der Waals surface area contributed by atoms with Gasteiger partial charge in [0.05, 0.1) is 33.0 Å². The third-order valence-electron chi connectivity index (χ3n) is 2.15. The minimum Gasteiger partial charge on any atom is -0.478 e. The molecule has 0 radical (unpaired) electrons. The maximum Gasteiger partial charge on any atom is 0.347 e. The number of hydrogen-bond acceptors (Lipinski definition) is 7. The molecule has 0 heterocycles. The maximum atomic E-state index is 11.2. The van der Waals surface area contributed by atoms with Crippen molar-refractivity contribution in [2.45, 2.75) is 13.2 Å². The summed E-state index contributed by atoms with van der Waals surface area (Å²) in [5, 5.41) is 10.9. The Labute approximate surface area is 123 Å². The van der Waals surface area contributed by atoms with Crippen LogP contribution in [0.3, 0.4) is 0 Å². The second-order valence-electron chi connectivity index (χ2n) is 3.84. The first-order chi connectivity index (χ1) is 10.1. The number of nitrogens with two attached hydrogens (primary N) is 1. The summed E-state index contributed by atoms with van der Waals surface area (Å²) in [7, 11) is 0. The van der Waals surface area contributed by atoms with E-state index in [2.05, 4.69) is 10.1 Å². The Kier molecular flexibility index (Phi) is 12.9. The quantitative estimate of drug-likeness (QED) is 0.263. The Morgan fingerprint density at radius 1 is 1.10 bits per heavy atom. The molecular weight excluding hydrogens is 284 g/mol. The lowest BCUT2D eigenvalue weighted by Gasteiger charge is -2.09. The number of carbonyl (C=O) groups excluding carboxylic acids is 1. The van der Waals surface area contributed by atoms with Gasteiger partial charge in [0.2, 0.25) is 12.1 Å². The van der Waals surface area contributed by atoms with Crippen LogP contribution in [-0.4, -0.2) is 76.0 Å². The lowest BCUT2D eigenvalue weighted by atomic mass is 10.5. The summed E-state index contributed by atoms with van der Waals surface area (Å²) in [5.41, 5.74) is 5.07. The smallest absolute Gasteiger partial charge is 0.347 e. The molecule has 1 amide bonds. The molecule has 4 N–H and O–H groups in total. The van der Waals surface area contributed by atoms with E-state index in [9.17, 15) is 9.59 Å². The fraction of sp³-hybridized carbons (Fsp3) is 0.833. The van der Waals surface area contributed by atoms with Gasteiger partial charge in [-0.25, -0.2) is 4.79 Å². The van der Waals surface area contributed by atoms with Crippen molar-refractivity contribution >= 4 is 11.9 Å². The normalized spacial score (nSPS) is 12.1. The van der Waals surface area contributed by atoms with Crippen LogP contribution >= 0.6 is 0 Å². The van der Waals surface area contributed by atoms with Crippen molar-refractivity contribution in [1.82, 2.24) is 5.32 Å². The zero-order valence-corrected chi connectivity index (χ0v) is 12.2. The van der Waals surface area contributed by atoms with E-state index in [0.717, 1.165) is 0 Å². The van der Waals surface area contributed by atoms with Crippen LogP contribution in [0.15, 0.2) is 0 Å². The number of amides is 1. The number of nitrogens with one attached hydrogen (secondary N) is 1. The van der Waals surface area contributed by atoms with Gasteiger partial charge in [0.25, 0.3) is 0 Å². The van der Waals surface area contributed by atoms with Gasteiger partial charge in [-0.05, 0) is 6.92 Å². The number of carboxylic acids is 1. The number of ether oxygens (including phenoxy) is 4. The Hall–Kier alpha value is -1.26. The zero-order valence-electron chi connectivity index (χ0n) is 12.2. The van der Waals surface area contributed by atoms with Crippen LogP contribution in [0.25, 0.3) is 0 Å². The molecule has 0 fully saturated rings. The molecule has 0 bridgehead atoms. The number of carbonyl (C=O) groups is 2. The molecule has 0 aliphatic carbocycles. The SMILES string of the molecule is CCOCCOCCOCCNC(=O)COC(N)C(=O)O. The maximum absolute atomic E-state index is 11.2. The van der Waals surface area contributed by atoms with Crippen molar-refractivity contribution in [1.29, 1.82) is 0 Å². The minimum atomic E-state index is -1.50. The van der Waals surface area contributed by atoms with Gasteiger partial charge in [0, 0.05) is 13.2 Å². The first-order valence-electron chi connectivity index (χ1n) is 6.67. The molecule has 0 saturated carbocycles. The summed E-state index contributed by atoms with van der Waals surface area (Å²) in [6.45, 7) is 4.75. The van der Waals surface area contributed by atoms with Gasteiger partial charge in [-0.3, -0.25) is 10.5 Å². The monoisotopic (exact) mass is 308 g/mol. The second kappa shape index (κ2) is 13.7. The number of aliphatic carboxylic acids is 1. The van der Waals surface area contributed by atoms with Gasteiger partial charge in [-0.2, -0.15) is 0 Å². The van der Waals surface area contributed by atoms with Crippen LogP contribution in [0.1, 0.15) is 6.92 Å². The summed E-state index contributed by atoms with van der Waals surface area (Å²) >= 11 is 0. The first kappa shape index (κ1) is 19.7. The van der Waals surface area contributed by atoms with Crippen LogP contribution in [0.4, 0.5) is 0 Å². The average molecular weight is 308 g/mol. The van der Waals surface area contributed by atoms with Gasteiger partial charge in [-0.15, -0.1) is 0 Å². The van der Waals surface area contributed by atoms with Gasteiger partial charge in [0.1, 0.15) is 6.61 Å². The highest BCUT2D eigenvalue weighted by Crippen LogP contribution is 1.84.